The molecule has 0 heterocycles. The lowest BCUT2D eigenvalue weighted by atomic mass is 10.1. The number of hydrogen-bond donors (Lipinski definition) is 1. The van der Waals surface area contributed by atoms with Crippen LogP contribution in [0.5, 0.6) is 5.75 Å². The van der Waals surface area contributed by atoms with E-state index in [1.807, 2.05) is 24.3 Å². The van der Waals surface area contributed by atoms with Crippen LogP contribution in [0.25, 0.3) is 0 Å². The highest BCUT2D eigenvalue weighted by molar-refractivity contribution is 7.92. The molecule has 0 atom stereocenters. The molecule has 28 heavy (non-hydrogen) atoms. The fraction of sp³-hybridized carbons (Fsp3) is 0.316. The summed E-state index contributed by atoms with van der Waals surface area (Å²) in [5.74, 6) is 0.357. The summed E-state index contributed by atoms with van der Waals surface area (Å²) < 4.78 is 30.4. The molecule has 1 amide bonds. The average Bonchev–Trinajstić information content (AvgIpc) is 2.65. The van der Waals surface area contributed by atoms with Crippen LogP contribution in [-0.4, -0.2) is 40.8 Å². The second kappa shape index (κ2) is 10.0. The van der Waals surface area contributed by atoms with E-state index in [4.69, 9.17) is 27.9 Å². The number of sulfonamides is 1. The summed E-state index contributed by atoms with van der Waals surface area (Å²) in [7, 11) is -2.11. The Labute approximate surface area is 175 Å². The van der Waals surface area contributed by atoms with Gasteiger partial charge < -0.3 is 10.1 Å². The van der Waals surface area contributed by atoms with Crippen molar-refractivity contribution in [3.05, 3.63) is 58.1 Å². The number of methoxy groups -OCH3 is 1. The number of carbonyl (C=O) groups is 1. The first kappa shape index (κ1) is 22.3. The van der Waals surface area contributed by atoms with E-state index < -0.39 is 15.9 Å². The first-order valence-corrected chi connectivity index (χ1v) is 11.1. The van der Waals surface area contributed by atoms with E-state index in [0.717, 1.165) is 28.3 Å². The number of hydrogen-bond acceptors (Lipinski definition) is 4. The van der Waals surface area contributed by atoms with E-state index in [2.05, 4.69) is 5.32 Å². The zero-order chi connectivity index (χ0) is 20.7. The zero-order valence-corrected chi connectivity index (χ0v) is 17.9. The maximum atomic E-state index is 12.3. The Bertz CT molecular complexity index is 935. The Morgan fingerprint density at radius 1 is 1.18 bits per heavy atom. The molecule has 0 aliphatic rings. The monoisotopic (exact) mass is 444 g/mol. The first-order chi connectivity index (χ1) is 13.2. The quantitative estimate of drug-likeness (QED) is 0.600. The van der Waals surface area contributed by atoms with Crippen molar-refractivity contribution >= 4 is 44.8 Å². The van der Waals surface area contributed by atoms with Crippen LogP contribution < -0.4 is 14.4 Å². The maximum absolute atomic E-state index is 12.3. The van der Waals surface area contributed by atoms with Gasteiger partial charge in [0.1, 0.15) is 12.3 Å². The minimum absolute atomic E-state index is 0.0837. The van der Waals surface area contributed by atoms with E-state index in [1.165, 1.54) is 6.07 Å². The van der Waals surface area contributed by atoms with Gasteiger partial charge in [-0.25, -0.2) is 8.42 Å². The molecule has 0 fully saturated rings. The highest BCUT2D eigenvalue weighted by Gasteiger charge is 2.23. The molecule has 2 rings (SSSR count). The minimum atomic E-state index is -3.72. The van der Waals surface area contributed by atoms with Crippen molar-refractivity contribution in [2.45, 2.75) is 12.8 Å². The predicted octanol–water partition coefficient (Wildman–Crippen LogP) is 3.52. The van der Waals surface area contributed by atoms with Crippen LogP contribution in [-0.2, 0) is 21.2 Å². The fourth-order valence-electron chi connectivity index (χ4n) is 2.60. The molecule has 6 nitrogen and oxygen atoms in total. The first-order valence-electron chi connectivity index (χ1n) is 8.53. The lowest BCUT2D eigenvalue weighted by Crippen LogP contribution is -2.40. The number of halogens is 2. The number of nitrogens with zero attached hydrogens (tertiary/aromatic N) is 1. The second-order valence-electron chi connectivity index (χ2n) is 6.15. The molecule has 0 radical (unpaired) electrons. The Hall–Kier alpha value is -1.96. The highest BCUT2D eigenvalue weighted by atomic mass is 35.5. The van der Waals surface area contributed by atoms with E-state index >= 15 is 0 Å². The van der Waals surface area contributed by atoms with Gasteiger partial charge in [-0.1, -0.05) is 41.4 Å². The van der Waals surface area contributed by atoms with Gasteiger partial charge in [-0.15, -0.1) is 0 Å². The molecule has 0 aliphatic carbocycles. The standard InChI is InChI=1S/C19H22Cl2N2O4S/c1-27-15-8-3-6-14(12-15)7-5-11-22-18(24)13-23(28(2,25)26)17-10-4-9-16(20)19(17)21/h3-4,6,8-10,12H,5,7,11,13H2,1-2H3,(H,22,24). The molecule has 0 saturated carbocycles. The molecule has 0 bridgehead atoms. The van der Waals surface area contributed by atoms with E-state index in [1.54, 1.807) is 19.2 Å². The van der Waals surface area contributed by atoms with Crippen molar-refractivity contribution in [2.75, 3.05) is 30.8 Å². The molecule has 0 aliphatic heterocycles. The van der Waals surface area contributed by atoms with Crippen LogP contribution in [0.1, 0.15) is 12.0 Å². The van der Waals surface area contributed by atoms with Gasteiger partial charge in [-0.05, 0) is 42.7 Å². The molecule has 0 aromatic heterocycles. The number of benzene rings is 2. The Morgan fingerprint density at radius 3 is 2.57 bits per heavy atom. The largest absolute Gasteiger partial charge is 0.497 e. The van der Waals surface area contributed by atoms with Crippen molar-refractivity contribution in [2.24, 2.45) is 0 Å². The summed E-state index contributed by atoms with van der Waals surface area (Å²) in [4.78, 5) is 12.3. The smallest absolute Gasteiger partial charge is 0.240 e. The van der Waals surface area contributed by atoms with Crippen molar-refractivity contribution in [1.82, 2.24) is 5.32 Å². The lowest BCUT2D eigenvalue weighted by Gasteiger charge is -2.23. The third-order valence-corrected chi connectivity index (χ3v) is 5.92. The minimum Gasteiger partial charge on any atom is -0.497 e. The van der Waals surface area contributed by atoms with Crippen LogP contribution >= 0.6 is 23.2 Å². The Kier molecular flexibility index (Phi) is 7.98. The lowest BCUT2D eigenvalue weighted by molar-refractivity contribution is -0.119. The normalized spacial score (nSPS) is 11.1. The Balaban J connectivity index is 1.94. The van der Waals surface area contributed by atoms with E-state index in [-0.39, 0.29) is 22.3 Å². The molecule has 0 spiro atoms. The highest BCUT2D eigenvalue weighted by Crippen LogP contribution is 2.33. The van der Waals surface area contributed by atoms with Crippen LogP contribution in [0.2, 0.25) is 10.0 Å². The molecule has 2 aromatic rings. The van der Waals surface area contributed by atoms with Crippen molar-refractivity contribution in [3.63, 3.8) is 0 Å². The van der Waals surface area contributed by atoms with Gasteiger partial charge >= 0.3 is 0 Å². The van der Waals surface area contributed by atoms with Gasteiger partial charge in [0.05, 0.1) is 29.1 Å². The van der Waals surface area contributed by atoms with Crippen LogP contribution in [0.3, 0.4) is 0 Å². The van der Waals surface area contributed by atoms with Gasteiger partial charge in [0.15, 0.2) is 0 Å². The number of ether oxygens (including phenoxy) is 1. The summed E-state index contributed by atoms with van der Waals surface area (Å²) in [6.07, 6.45) is 2.48. The van der Waals surface area contributed by atoms with Gasteiger partial charge in [-0.2, -0.15) is 0 Å². The molecule has 9 heteroatoms. The van der Waals surface area contributed by atoms with Gasteiger partial charge in [-0.3, -0.25) is 9.10 Å². The summed E-state index contributed by atoms with van der Waals surface area (Å²) in [6, 6.07) is 12.3. The van der Waals surface area contributed by atoms with Gasteiger partial charge in [0, 0.05) is 6.54 Å². The molecule has 0 saturated heterocycles. The summed E-state index contributed by atoms with van der Waals surface area (Å²) >= 11 is 12.1. The number of amides is 1. The summed E-state index contributed by atoms with van der Waals surface area (Å²) in [5, 5.41) is 3.03. The molecular formula is C19H22Cl2N2O4S. The molecule has 152 valence electrons. The van der Waals surface area contributed by atoms with Gasteiger partial charge in [0.2, 0.25) is 15.9 Å². The number of carbonyl (C=O) groups excluding carboxylic acids is 1. The summed E-state index contributed by atoms with van der Waals surface area (Å²) in [5.41, 5.74) is 1.26. The van der Waals surface area contributed by atoms with E-state index in [9.17, 15) is 13.2 Å². The second-order valence-corrected chi connectivity index (χ2v) is 8.84. The predicted molar refractivity (Wildman–Crippen MR) is 113 cm³/mol. The average molecular weight is 445 g/mol. The maximum Gasteiger partial charge on any atom is 0.240 e. The molecule has 1 N–H and O–H groups in total. The summed E-state index contributed by atoms with van der Waals surface area (Å²) in [6.45, 7) is 0.0367. The zero-order valence-electron chi connectivity index (χ0n) is 15.6. The molecular weight excluding hydrogens is 423 g/mol. The number of aryl methyl sites for hydroxylation is 1. The number of anilines is 1. The Morgan fingerprint density at radius 2 is 1.89 bits per heavy atom. The third-order valence-electron chi connectivity index (χ3n) is 3.99. The molecule has 2 aromatic carbocycles. The van der Waals surface area contributed by atoms with Crippen molar-refractivity contribution in [1.29, 1.82) is 0 Å². The van der Waals surface area contributed by atoms with Crippen molar-refractivity contribution < 1.29 is 17.9 Å². The number of rotatable bonds is 9. The van der Waals surface area contributed by atoms with E-state index in [0.29, 0.717) is 13.0 Å². The SMILES string of the molecule is COc1cccc(CCCNC(=O)CN(c2cccc(Cl)c2Cl)S(C)(=O)=O)c1. The third kappa shape index (κ3) is 6.29. The van der Waals surface area contributed by atoms with Gasteiger partial charge in [0.25, 0.3) is 0 Å². The molecule has 0 unspecified atom stereocenters. The fourth-order valence-corrected chi connectivity index (χ4v) is 3.91. The van der Waals surface area contributed by atoms with Crippen molar-refractivity contribution in [3.8, 4) is 5.75 Å². The van der Waals surface area contributed by atoms with Crippen LogP contribution in [0.4, 0.5) is 5.69 Å². The van der Waals surface area contributed by atoms with Crippen LogP contribution in [0.15, 0.2) is 42.5 Å². The van der Waals surface area contributed by atoms with Crippen LogP contribution in [0, 0.1) is 0 Å². The topological polar surface area (TPSA) is 75.7 Å². The number of nitrogens with one attached hydrogen (secondary N) is 1.